The van der Waals surface area contributed by atoms with E-state index in [4.69, 9.17) is 25.2 Å². The number of rotatable bonds is 8. The summed E-state index contributed by atoms with van der Waals surface area (Å²) in [5.74, 6) is -0.167. The molecule has 1 aliphatic heterocycles. The van der Waals surface area contributed by atoms with Gasteiger partial charge in [0.25, 0.3) is 0 Å². The Balaban J connectivity index is 2.12. The van der Waals surface area contributed by atoms with Crippen LogP contribution in [0, 0.1) is 0 Å². The number of nitrogen functional groups attached to an aromatic ring is 1. The first-order valence-corrected chi connectivity index (χ1v) is 12.1. The molecule has 0 radical (unpaired) electrons. The summed E-state index contributed by atoms with van der Waals surface area (Å²) in [6.07, 6.45) is -4.45. The van der Waals surface area contributed by atoms with E-state index in [9.17, 15) is 32.9 Å². The molecule has 1 saturated heterocycles. The number of hydrogen-bond acceptors (Lipinski definition) is 11. The average Bonchev–Trinajstić information content (AvgIpc) is 2.73. The number of nitrogens with zero attached hydrogens (tertiary/aromatic N) is 2. The Labute approximate surface area is 166 Å². The lowest BCUT2D eigenvalue weighted by Crippen LogP contribution is -2.43. The van der Waals surface area contributed by atoms with Crippen LogP contribution in [-0.2, 0) is 31.6 Å². The quantitative estimate of drug-likeness (QED) is 0.238. The van der Waals surface area contributed by atoms with Gasteiger partial charge in [-0.3, -0.25) is 9.09 Å². The van der Waals surface area contributed by atoms with Gasteiger partial charge in [0.05, 0.1) is 6.61 Å². The minimum Gasteiger partial charge on any atom is -0.387 e. The van der Waals surface area contributed by atoms with Gasteiger partial charge in [0.2, 0.25) is 0 Å². The van der Waals surface area contributed by atoms with E-state index in [-0.39, 0.29) is 5.82 Å². The lowest BCUT2D eigenvalue weighted by Gasteiger charge is -2.24. The van der Waals surface area contributed by atoms with Crippen LogP contribution in [0.3, 0.4) is 0 Å². The summed E-state index contributed by atoms with van der Waals surface area (Å²) in [5.41, 5.74) is 1.67. The van der Waals surface area contributed by atoms with Crippen molar-refractivity contribution in [1.82, 2.24) is 9.55 Å². The van der Waals surface area contributed by atoms with Crippen molar-refractivity contribution >= 4 is 29.3 Å². The molecule has 0 spiro atoms. The van der Waals surface area contributed by atoms with Crippen LogP contribution in [0.2, 0.25) is 0 Å². The van der Waals surface area contributed by atoms with Crippen LogP contribution in [-0.4, -0.2) is 58.7 Å². The predicted octanol–water partition coefficient (Wildman–Crippen LogP) is -0.845. The fourth-order valence-electron chi connectivity index (χ4n) is 2.43. The SMILES string of the molecule is CC1(F)[C@H](O)[C@@H](COP(=O)(O)OP(=O)(O)OP(=O)(O)O)O[C@H]1n1ccc(N)nc1=O. The van der Waals surface area contributed by atoms with E-state index in [0.29, 0.717) is 4.57 Å². The minimum absolute atomic E-state index is 0.167. The first kappa shape index (κ1) is 25.2. The van der Waals surface area contributed by atoms with Crippen molar-refractivity contribution in [1.29, 1.82) is 0 Å². The molecular weight excluding hydrogens is 482 g/mol. The zero-order valence-electron chi connectivity index (χ0n) is 14.8. The van der Waals surface area contributed by atoms with E-state index in [2.05, 4.69) is 18.1 Å². The number of phosphoric acid groups is 3. The molecule has 30 heavy (non-hydrogen) atoms. The molecule has 0 aromatic carbocycles. The Kier molecular flexibility index (Phi) is 7.11. The summed E-state index contributed by atoms with van der Waals surface area (Å²) in [5, 5.41) is 10.1. The zero-order chi connectivity index (χ0) is 23.1. The molecule has 3 unspecified atom stereocenters. The summed E-state index contributed by atoms with van der Waals surface area (Å²) in [6, 6.07) is 1.15. The number of aromatic nitrogens is 2. The molecule has 2 rings (SSSR count). The van der Waals surface area contributed by atoms with Crippen molar-refractivity contribution in [2.24, 2.45) is 0 Å². The molecular formula is C10H17FN3O13P3. The van der Waals surface area contributed by atoms with Gasteiger partial charge in [0, 0.05) is 6.20 Å². The van der Waals surface area contributed by atoms with Crippen LogP contribution in [0.1, 0.15) is 13.2 Å². The number of aliphatic hydroxyl groups excluding tert-OH is 1. The Bertz CT molecular complexity index is 995. The largest absolute Gasteiger partial charge is 0.490 e. The number of hydrogen-bond donors (Lipinski definition) is 6. The van der Waals surface area contributed by atoms with Gasteiger partial charge >= 0.3 is 29.2 Å². The summed E-state index contributed by atoms with van der Waals surface area (Å²) < 4.78 is 65.7. The number of nitrogens with two attached hydrogens (primary N) is 1. The fraction of sp³-hybridized carbons (Fsp3) is 0.600. The van der Waals surface area contributed by atoms with Crippen molar-refractivity contribution < 1.29 is 60.6 Å². The van der Waals surface area contributed by atoms with Crippen molar-refractivity contribution in [3.63, 3.8) is 0 Å². The van der Waals surface area contributed by atoms with Crippen LogP contribution < -0.4 is 11.4 Å². The van der Waals surface area contributed by atoms with Crippen LogP contribution >= 0.6 is 23.5 Å². The highest BCUT2D eigenvalue weighted by Crippen LogP contribution is 2.66. The molecule has 20 heteroatoms. The summed E-state index contributed by atoms with van der Waals surface area (Å²) in [6.45, 7) is -0.256. The second-order valence-electron chi connectivity index (χ2n) is 6.05. The molecule has 1 aromatic heterocycles. The second-order valence-corrected chi connectivity index (χ2v) is 10.5. The van der Waals surface area contributed by atoms with E-state index < -0.39 is 59.9 Å². The Morgan fingerprint density at radius 2 is 1.87 bits per heavy atom. The Morgan fingerprint density at radius 1 is 1.27 bits per heavy atom. The molecule has 0 saturated carbocycles. The third-order valence-electron chi connectivity index (χ3n) is 3.64. The van der Waals surface area contributed by atoms with Gasteiger partial charge in [-0.1, -0.05) is 0 Å². The number of alkyl halides is 1. The van der Waals surface area contributed by atoms with Gasteiger partial charge in [-0.05, 0) is 13.0 Å². The van der Waals surface area contributed by atoms with E-state index in [1.165, 1.54) is 0 Å². The van der Waals surface area contributed by atoms with Crippen molar-refractivity contribution in [2.75, 3.05) is 12.3 Å². The van der Waals surface area contributed by atoms with Gasteiger partial charge in [-0.25, -0.2) is 22.9 Å². The topological polar surface area (TPSA) is 250 Å². The third-order valence-corrected chi connectivity index (χ3v) is 7.44. The number of ether oxygens (including phenoxy) is 1. The van der Waals surface area contributed by atoms with E-state index in [1.54, 1.807) is 0 Å². The highest BCUT2D eigenvalue weighted by Gasteiger charge is 2.56. The van der Waals surface area contributed by atoms with E-state index in [0.717, 1.165) is 19.2 Å². The summed E-state index contributed by atoms with van der Waals surface area (Å²) in [7, 11) is -16.9. The molecule has 0 aliphatic carbocycles. The van der Waals surface area contributed by atoms with Crippen LogP contribution in [0.4, 0.5) is 10.2 Å². The third kappa shape index (κ3) is 6.23. The van der Waals surface area contributed by atoms with E-state index >= 15 is 0 Å². The standard InChI is InChI=1S/C10H17FN3O13P3/c1-10(11)7(15)5(25-8(10)14-3-2-6(12)13-9(14)16)4-24-29(20,21)27-30(22,23)26-28(17,18)19/h2-3,5,7-8,15H,4H2,1H3,(H,20,21)(H,22,23)(H2,12,13,16)(H2,17,18,19)/t5-,7-,8-,10?/m1/s1. The molecule has 1 aromatic rings. The monoisotopic (exact) mass is 499 g/mol. The second kappa shape index (κ2) is 8.47. The highest BCUT2D eigenvalue weighted by molar-refractivity contribution is 7.66. The number of phosphoric ester groups is 1. The fourth-order valence-corrected chi connectivity index (χ4v) is 5.46. The number of halogens is 1. The Morgan fingerprint density at radius 3 is 2.40 bits per heavy atom. The molecule has 6 atom stereocenters. The first-order chi connectivity index (χ1) is 13.4. The summed E-state index contributed by atoms with van der Waals surface area (Å²) in [4.78, 5) is 50.6. The smallest absolute Gasteiger partial charge is 0.387 e. The minimum atomic E-state index is -5.75. The van der Waals surface area contributed by atoms with Crippen LogP contribution in [0.5, 0.6) is 0 Å². The molecule has 1 fully saturated rings. The lowest BCUT2D eigenvalue weighted by molar-refractivity contribution is -0.0603. The molecule has 16 nitrogen and oxygen atoms in total. The Hall–Kier alpha value is -1.06. The average molecular weight is 499 g/mol. The first-order valence-electron chi connectivity index (χ1n) is 7.59. The maximum absolute atomic E-state index is 15.0. The molecule has 172 valence electrons. The summed E-state index contributed by atoms with van der Waals surface area (Å²) >= 11 is 0. The molecule has 0 bridgehead atoms. The van der Waals surface area contributed by atoms with Gasteiger partial charge in [-0.2, -0.15) is 13.6 Å². The van der Waals surface area contributed by atoms with Gasteiger partial charge in [0.15, 0.2) is 11.9 Å². The van der Waals surface area contributed by atoms with Crippen molar-refractivity contribution in [2.45, 2.75) is 31.0 Å². The van der Waals surface area contributed by atoms with E-state index in [1.807, 2.05) is 0 Å². The number of aliphatic hydroxyl groups is 1. The number of anilines is 1. The maximum atomic E-state index is 15.0. The lowest BCUT2D eigenvalue weighted by atomic mass is 9.98. The van der Waals surface area contributed by atoms with Gasteiger partial charge < -0.3 is 35.2 Å². The zero-order valence-corrected chi connectivity index (χ0v) is 17.5. The van der Waals surface area contributed by atoms with Crippen molar-refractivity contribution in [3.05, 3.63) is 22.7 Å². The van der Waals surface area contributed by atoms with Crippen LogP contribution in [0.15, 0.2) is 17.1 Å². The predicted molar refractivity (Wildman–Crippen MR) is 92.2 cm³/mol. The molecule has 2 heterocycles. The van der Waals surface area contributed by atoms with Gasteiger partial charge in [-0.15, -0.1) is 0 Å². The van der Waals surface area contributed by atoms with Crippen molar-refractivity contribution in [3.8, 4) is 0 Å². The highest BCUT2D eigenvalue weighted by atomic mass is 31.3. The molecule has 1 aliphatic rings. The maximum Gasteiger partial charge on any atom is 0.490 e. The normalized spacial score (nSPS) is 31.2. The van der Waals surface area contributed by atoms with Gasteiger partial charge in [0.1, 0.15) is 18.0 Å². The van der Waals surface area contributed by atoms with Crippen LogP contribution in [0.25, 0.3) is 0 Å². The molecule has 0 amide bonds. The molecule has 7 N–H and O–H groups in total.